The van der Waals surface area contributed by atoms with Gasteiger partial charge in [0.25, 0.3) is 0 Å². The van der Waals surface area contributed by atoms with E-state index < -0.39 is 0 Å². The summed E-state index contributed by atoms with van der Waals surface area (Å²) in [6.07, 6.45) is 1.37. The molecular formula is C16H23N3O. The van der Waals surface area contributed by atoms with E-state index in [4.69, 9.17) is 5.26 Å². The van der Waals surface area contributed by atoms with Gasteiger partial charge in [0.15, 0.2) is 0 Å². The van der Waals surface area contributed by atoms with Crippen molar-refractivity contribution in [3.63, 3.8) is 0 Å². The molecule has 0 radical (unpaired) electrons. The van der Waals surface area contributed by atoms with E-state index in [1.807, 2.05) is 0 Å². The van der Waals surface area contributed by atoms with Crippen molar-refractivity contribution in [1.29, 1.82) is 5.26 Å². The second-order valence-electron chi connectivity index (χ2n) is 5.50. The van der Waals surface area contributed by atoms with E-state index in [0.717, 1.165) is 25.2 Å². The number of hydrogen-bond acceptors (Lipinski definition) is 3. The standard InChI is InChI=1S/C16H23N3O/c1-13(2)12-19(3)10-4-5-16(20)18-15-8-6-14(11-17)7-9-15/h6-9,13H,4-5,10,12H2,1-3H3,(H,18,20). The topological polar surface area (TPSA) is 56.1 Å². The fourth-order valence-corrected chi connectivity index (χ4v) is 2.08. The molecular weight excluding hydrogens is 250 g/mol. The molecule has 0 aromatic heterocycles. The number of rotatable bonds is 7. The highest BCUT2D eigenvalue weighted by Gasteiger charge is 2.05. The number of carbonyl (C=O) groups excluding carboxylic acids is 1. The monoisotopic (exact) mass is 273 g/mol. The summed E-state index contributed by atoms with van der Waals surface area (Å²) in [6.45, 7) is 6.36. The normalized spacial score (nSPS) is 10.6. The number of nitriles is 1. The summed E-state index contributed by atoms with van der Waals surface area (Å²) in [5.41, 5.74) is 1.34. The van der Waals surface area contributed by atoms with Gasteiger partial charge < -0.3 is 10.2 Å². The zero-order chi connectivity index (χ0) is 15.0. The number of carbonyl (C=O) groups is 1. The maximum Gasteiger partial charge on any atom is 0.224 e. The Kier molecular flexibility index (Phi) is 6.75. The van der Waals surface area contributed by atoms with Gasteiger partial charge in [0.05, 0.1) is 11.6 Å². The molecule has 0 unspecified atom stereocenters. The van der Waals surface area contributed by atoms with E-state index in [-0.39, 0.29) is 5.91 Å². The Morgan fingerprint density at radius 1 is 1.35 bits per heavy atom. The summed E-state index contributed by atoms with van der Waals surface area (Å²) >= 11 is 0. The van der Waals surface area contributed by atoms with Crippen LogP contribution in [0.3, 0.4) is 0 Å². The lowest BCUT2D eigenvalue weighted by atomic mass is 10.2. The van der Waals surface area contributed by atoms with E-state index in [2.05, 4.69) is 37.2 Å². The molecule has 1 rings (SSSR count). The third-order valence-corrected chi connectivity index (χ3v) is 2.92. The van der Waals surface area contributed by atoms with Gasteiger partial charge in [-0.1, -0.05) is 13.8 Å². The lowest BCUT2D eigenvalue weighted by Crippen LogP contribution is -2.25. The van der Waals surface area contributed by atoms with E-state index in [1.165, 1.54) is 0 Å². The zero-order valence-corrected chi connectivity index (χ0v) is 12.5. The van der Waals surface area contributed by atoms with Gasteiger partial charge in [-0.3, -0.25) is 4.79 Å². The summed E-state index contributed by atoms with van der Waals surface area (Å²) in [7, 11) is 2.08. The van der Waals surface area contributed by atoms with Crippen LogP contribution in [-0.4, -0.2) is 30.9 Å². The summed E-state index contributed by atoms with van der Waals surface area (Å²) in [6, 6.07) is 8.96. The maximum absolute atomic E-state index is 11.8. The summed E-state index contributed by atoms with van der Waals surface area (Å²) in [5, 5.41) is 11.5. The van der Waals surface area contributed by atoms with E-state index in [1.54, 1.807) is 24.3 Å². The zero-order valence-electron chi connectivity index (χ0n) is 12.5. The molecule has 0 fully saturated rings. The van der Waals surface area contributed by atoms with Crippen LogP contribution in [0.5, 0.6) is 0 Å². The first-order chi connectivity index (χ1) is 9.51. The molecule has 4 nitrogen and oxygen atoms in total. The minimum atomic E-state index is 0.0210. The Bertz CT molecular complexity index is 460. The van der Waals surface area contributed by atoms with Crippen LogP contribution in [0.2, 0.25) is 0 Å². The fourth-order valence-electron chi connectivity index (χ4n) is 2.08. The van der Waals surface area contributed by atoms with E-state index in [0.29, 0.717) is 17.9 Å². The van der Waals surface area contributed by atoms with E-state index >= 15 is 0 Å². The highest BCUT2D eigenvalue weighted by Crippen LogP contribution is 2.09. The van der Waals surface area contributed by atoms with Gasteiger partial charge in [-0.15, -0.1) is 0 Å². The van der Waals surface area contributed by atoms with Crippen molar-refractivity contribution in [2.24, 2.45) is 5.92 Å². The van der Waals surface area contributed by atoms with E-state index in [9.17, 15) is 4.79 Å². The predicted octanol–water partition coefficient (Wildman–Crippen LogP) is 2.86. The van der Waals surface area contributed by atoms with Crippen molar-refractivity contribution >= 4 is 11.6 Å². The first kappa shape index (κ1) is 16.2. The highest BCUT2D eigenvalue weighted by atomic mass is 16.1. The molecule has 20 heavy (non-hydrogen) atoms. The minimum absolute atomic E-state index is 0.0210. The molecule has 1 amide bonds. The Morgan fingerprint density at radius 2 is 2.00 bits per heavy atom. The number of anilines is 1. The van der Waals surface area contributed by atoms with Crippen LogP contribution in [0.4, 0.5) is 5.69 Å². The smallest absolute Gasteiger partial charge is 0.224 e. The molecule has 0 aliphatic heterocycles. The molecule has 0 atom stereocenters. The Labute approximate surface area is 121 Å². The SMILES string of the molecule is CC(C)CN(C)CCCC(=O)Nc1ccc(C#N)cc1. The number of nitrogens with zero attached hydrogens (tertiary/aromatic N) is 2. The molecule has 0 saturated heterocycles. The Hall–Kier alpha value is -1.86. The molecule has 0 bridgehead atoms. The molecule has 4 heteroatoms. The number of amides is 1. The van der Waals surface area contributed by atoms with Crippen LogP contribution in [0.1, 0.15) is 32.3 Å². The number of nitrogens with one attached hydrogen (secondary N) is 1. The second kappa shape index (κ2) is 8.34. The summed E-state index contributed by atoms with van der Waals surface area (Å²) in [4.78, 5) is 14.0. The predicted molar refractivity (Wildman–Crippen MR) is 81.4 cm³/mol. The molecule has 1 N–H and O–H groups in total. The molecule has 0 aliphatic rings. The van der Waals surface area contributed by atoms with Gasteiger partial charge in [0.1, 0.15) is 0 Å². The van der Waals surface area contributed by atoms with Crippen molar-refractivity contribution in [2.75, 3.05) is 25.5 Å². The highest BCUT2D eigenvalue weighted by molar-refractivity contribution is 5.90. The van der Waals surface area contributed by atoms with Gasteiger partial charge in [0, 0.05) is 18.7 Å². The third kappa shape index (κ3) is 6.35. The quantitative estimate of drug-likeness (QED) is 0.831. The van der Waals surface area contributed by atoms with Crippen LogP contribution in [0.25, 0.3) is 0 Å². The van der Waals surface area contributed by atoms with Crippen LogP contribution >= 0.6 is 0 Å². The Morgan fingerprint density at radius 3 is 2.55 bits per heavy atom. The summed E-state index contributed by atoms with van der Waals surface area (Å²) in [5.74, 6) is 0.667. The van der Waals surface area contributed by atoms with Crippen molar-refractivity contribution in [2.45, 2.75) is 26.7 Å². The van der Waals surface area contributed by atoms with Crippen LogP contribution in [0, 0.1) is 17.2 Å². The summed E-state index contributed by atoms with van der Waals surface area (Å²) < 4.78 is 0. The second-order valence-corrected chi connectivity index (χ2v) is 5.50. The van der Waals surface area contributed by atoms with Gasteiger partial charge in [-0.25, -0.2) is 0 Å². The van der Waals surface area contributed by atoms with Gasteiger partial charge in [-0.2, -0.15) is 5.26 Å². The molecule has 0 aliphatic carbocycles. The van der Waals surface area contributed by atoms with Crippen molar-refractivity contribution in [3.05, 3.63) is 29.8 Å². The largest absolute Gasteiger partial charge is 0.326 e. The van der Waals surface area contributed by atoms with Gasteiger partial charge in [-0.05, 0) is 50.2 Å². The molecule has 1 aromatic rings. The minimum Gasteiger partial charge on any atom is -0.326 e. The maximum atomic E-state index is 11.8. The molecule has 108 valence electrons. The average molecular weight is 273 g/mol. The van der Waals surface area contributed by atoms with Crippen LogP contribution < -0.4 is 5.32 Å². The average Bonchev–Trinajstić information content (AvgIpc) is 2.38. The molecule has 0 saturated carbocycles. The van der Waals surface area contributed by atoms with Crippen molar-refractivity contribution < 1.29 is 4.79 Å². The first-order valence-electron chi connectivity index (χ1n) is 7.00. The molecule has 0 heterocycles. The van der Waals surface area contributed by atoms with Gasteiger partial charge >= 0.3 is 0 Å². The lowest BCUT2D eigenvalue weighted by Gasteiger charge is -2.18. The fraction of sp³-hybridized carbons (Fsp3) is 0.500. The Balaban J connectivity index is 2.28. The molecule has 1 aromatic carbocycles. The first-order valence-corrected chi connectivity index (χ1v) is 7.00. The number of benzene rings is 1. The van der Waals surface area contributed by atoms with Crippen LogP contribution in [-0.2, 0) is 4.79 Å². The number of hydrogen-bond donors (Lipinski definition) is 1. The van der Waals surface area contributed by atoms with Crippen molar-refractivity contribution in [1.82, 2.24) is 4.90 Å². The van der Waals surface area contributed by atoms with Gasteiger partial charge in [0.2, 0.25) is 5.91 Å². The lowest BCUT2D eigenvalue weighted by molar-refractivity contribution is -0.116. The van der Waals surface area contributed by atoms with Crippen LogP contribution in [0.15, 0.2) is 24.3 Å². The third-order valence-electron chi connectivity index (χ3n) is 2.92. The molecule has 0 spiro atoms. The van der Waals surface area contributed by atoms with Crippen molar-refractivity contribution in [3.8, 4) is 6.07 Å².